The summed E-state index contributed by atoms with van der Waals surface area (Å²) in [5, 5.41) is 18.5. The van der Waals surface area contributed by atoms with E-state index in [0.29, 0.717) is 18.1 Å². The quantitative estimate of drug-likeness (QED) is 0.862. The molecule has 2 aliphatic carbocycles. The van der Waals surface area contributed by atoms with Gasteiger partial charge in [-0.05, 0) is 43.5 Å². The van der Waals surface area contributed by atoms with E-state index in [-0.39, 0.29) is 12.5 Å². The highest BCUT2D eigenvalue weighted by atomic mass is 16.4. The van der Waals surface area contributed by atoms with E-state index in [1.165, 1.54) is 5.69 Å². The molecule has 0 saturated carbocycles. The lowest BCUT2D eigenvalue weighted by Crippen LogP contribution is -2.17. The van der Waals surface area contributed by atoms with Crippen LogP contribution < -0.4 is 0 Å². The lowest BCUT2D eigenvalue weighted by atomic mass is 9.96. The molecule has 2 unspecified atom stereocenters. The molecule has 23 heavy (non-hydrogen) atoms. The molecule has 1 aromatic heterocycles. The molecule has 1 heterocycles. The predicted molar refractivity (Wildman–Crippen MR) is 89.5 cm³/mol. The Morgan fingerprint density at radius 2 is 2.09 bits per heavy atom. The van der Waals surface area contributed by atoms with Crippen LogP contribution in [0, 0.1) is 0 Å². The highest BCUT2D eigenvalue weighted by Gasteiger charge is 2.21. The molecule has 0 spiro atoms. The normalized spacial score (nSPS) is 23.0. The number of aromatic nitrogens is 1. The van der Waals surface area contributed by atoms with Crippen LogP contribution >= 0.6 is 0 Å². The van der Waals surface area contributed by atoms with Crippen molar-refractivity contribution in [3.8, 4) is 0 Å². The van der Waals surface area contributed by atoms with Gasteiger partial charge in [-0.2, -0.15) is 0 Å². The summed E-state index contributed by atoms with van der Waals surface area (Å²) in [5.41, 5.74) is 2.24. The van der Waals surface area contributed by atoms with Gasteiger partial charge in [-0.3, -0.25) is 4.79 Å². The van der Waals surface area contributed by atoms with Crippen molar-refractivity contribution in [2.75, 3.05) is 0 Å². The minimum absolute atomic E-state index is 0.124. The van der Waals surface area contributed by atoms with Crippen molar-refractivity contribution in [3.63, 3.8) is 0 Å². The molecule has 4 nitrogen and oxygen atoms in total. The Balaban J connectivity index is 1.93. The molecule has 2 aliphatic rings. The number of nitrogens with zero attached hydrogens (tertiary/aromatic N) is 1. The standard InChI is InChI=1S/C19H21NO3/c21-17-10-6-15(7-11-17)20-16(9-13-19(22)23)8-12-18(20)14-4-2-1-3-5-14/h1-4,6,8,10-12,14-15,21H,5,7,9,13H2,(H,22,23). The molecule has 2 N–H and O–H groups in total. The number of carbonyl (C=O) groups is 1. The second kappa shape index (κ2) is 6.73. The highest BCUT2D eigenvalue weighted by Crippen LogP contribution is 2.33. The van der Waals surface area contributed by atoms with Gasteiger partial charge >= 0.3 is 5.97 Å². The molecular weight excluding hydrogens is 290 g/mol. The fourth-order valence-electron chi connectivity index (χ4n) is 3.24. The van der Waals surface area contributed by atoms with Crippen LogP contribution in [0.5, 0.6) is 0 Å². The maximum Gasteiger partial charge on any atom is 0.303 e. The van der Waals surface area contributed by atoms with Crippen molar-refractivity contribution in [3.05, 3.63) is 71.8 Å². The van der Waals surface area contributed by atoms with E-state index in [1.54, 1.807) is 6.08 Å². The van der Waals surface area contributed by atoms with Crippen molar-refractivity contribution < 1.29 is 15.0 Å². The average molecular weight is 311 g/mol. The summed E-state index contributed by atoms with van der Waals surface area (Å²) in [5.74, 6) is -0.175. The van der Waals surface area contributed by atoms with E-state index >= 15 is 0 Å². The first-order chi connectivity index (χ1) is 11.1. The van der Waals surface area contributed by atoms with Gasteiger partial charge in [0.1, 0.15) is 5.76 Å². The second-order valence-electron chi connectivity index (χ2n) is 5.96. The third kappa shape index (κ3) is 3.47. The van der Waals surface area contributed by atoms with Gasteiger partial charge in [0.2, 0.25) is 0 Å². The van der Waals surface area contributed by atoms with Crippen LogP contribution in [0.4, 0.5) is 0 Å². The number of aliphatic carboxylic acids is 1. The Morgan fingerprint density at radius 3 is 2.74 bits per heavy atom. The number of aliphatic hydroxyl groups is 1. The zero-order valence-electron chi connectivity index (χ0n) is 12.9. The molecule has 0 aliphatic heterocycles. The van der Waals surface area contributed by atoms with Crippen molar-refractivity contribution in [1.29, 1.82) is 0 Å². The first kappa shape index (κ1) is 15.4. The Labute approximate surface area is 135 Å². The summed E-state index contributed by atoms with van der Waals surface area (Å²) in [6.45, 7) is 0. The number of aliphatic hydroxyl groups excluding tert-OH is 1. The number of allylic oxidation sites excluding steroid dienone is 7. The van der Waals surface area contributed by atoms with Crippen molar-refractivity contribution in [2.24, 2.45) is 0 Å². The third-order valence-electron chi connectivity index (χ3n) is 4.38. The summed E-state index contributed by atoms with van der Waals surface area (Å²) in [6, 6.07) is 4.27. The molecule has 0 aromatic carbocycles. The topological polar surface area (TPSA) is 62.5 Å². The predicted octanol–water partition coefficient (Wildman–Crippen LogP) is 4.05. The van der Waals surface area contributed by atoms with Crippen LogP contribution in [-0.2, 0) is 11.2 Å². The van der Waals surface area contributed by atoms with Gasteiger partial charge in [-0.1, -0.05) is 30.4 Å². The molecule has 0 amide bonds. The summed E-state index contributed by atoms with van der Waals surface area (Å²) < 4.78 is 2.25. The highest BCUT2D eigenvalue weighted by molar-refractivity contribution is 5.67. The molecule has 1 aromatic rings. The van der Waals surface area contributed by atoms with Gasteiger partial charge in [0.15, 0.2) is 0 Å². The van der Waals surface area contributed by atoms with Crippen molar-refractivity contribution >= 4 is 5.97 Å². The average Bonchev–Trinajstić information content (AvgIpc) is 2.98. The number of carboxylic acid groups (broad SMARTS) is 1. The van der Waals surface area contributed by atoms with Gasteiger partial charge in [0, 0.05) is 17.3 Å². The van der Waals surface area contributed by atoms with Gasteiger partial charge in [0.25, 0.3) is 0 Å². The maximum absolute atomic E-state index is 10.9. The fourth-order valence-corrected chi connectivity index (χ4v) is 3.24. The van der Waals surface area contributed by atoms with E-state index in [2.05, 4.69) is 34.9 Å². The Kier molecular flexibility index (Phi) is 4.51. The largest absolute Gasteiger partial charge is 0.508 e. The lowest BCUT2D eigenvalue weighted by molar-refractivity contribution is -0.137. The molecule has 0 saturated heterocycles. The van der Waals surface area contributed by atoms with E-state index in [0.717, 1.165) is 18.5 Å². The van der Waals surface area contributed by atoms with Crippen LogP contribution in [-0.4, -0.2) is 20.7 Å². The van der Waals surface area contributed by atoms with Crippen LogP contribution in [0.1, 0.15) is 42.6 Å². The molecule has 2 atom stereocenters. The van der Waals surface area contributed by atoms with Gasteiger partial charge in [-0.25, -0.2) is 0 Å². The van der Waals surface area contributed by atoms with Crippen molar-refractivity contribution in [2.45, 2.75) is 37.6 Å². The van der Waals surface area contributed by atoms with Crippen LogP contribution in [0.3, 0.4) is 0 Å². The summed E-state index contributed by atoms with van der Waals surface area (Å²) in [7, 11) is 0. The molecular formula is C19H21NO3. The summed E-state index contributed by atoms with van der Waals surface area (Å²) in [4.78, 5) is 10.9. The van der Waals surface area contributed by atoms with Crippen LogP contribution in [0.2, 0.25) is 0 Å². The zero-order chi connectivity index (χ0) is 16.2. The Bertz CT molecular complexity index is 706. The summed E-state index contributed by atoms with van der Waals surface area (Å²) in [6.07, 6.45) is 16.3. The Morgan fingerprint density at radius 1 is 1.22 bits per heavy atom. The SMILES string of the molecule is O=C(O)CCc1ccc(C2C=CC=CC2)n1C1C=CC(O)=CC1. The second-order valence-corrected chi connectivity index (χ2v) is 5.96. The smallest absolute Gasteiger partial charge is 0.303 e. The zero-order valence-corrected chi connectivity index (χ0v) is 12.9. The first-order valence-electron chi connectivity index (χ1n) is 7.97. The number of hydrogen-bond acceptors (Lipinski definition) is 2. The van der Waals surface area contributed by atoms with Gasteiger partial charge < -0.3 is 14.8 Å². The monoisotopic (exact) mass is 311 g/mol. The number of rotatable bonds is 5. The molecule has 0 bridgehead atoms. The van der Waals surface area contributed by atoms with E-state index in [9.17, 15) is 9.90 Å². The van der Waals surface area contributed by atoms with E-state index in [1.807, 2.05) is 18.2 Å². The van der Waals surface area contributed by atoms with E-state index in [4.69, 9.17) is 5.11 Å². The fraction of sp³-hybridized carbons (Fsp3) is 0.316. The number of carboxylic acids is 1. The minimum Gasteiger partial charge on any atom is -0.508 e. The first-order valence-corrected chi connectivity index (χ1v) is 7.97. The third-order valence-corrected chi connectivity index (χ3v) is 4.38. The molecule has 3 rings (SSSR count). The molecule has 120 valence electrons. The van der Waals surface area contributed by atoms with Crippen LogP contribution in [0.15, 0.2) is 60.4 Å². The lowest BCUT2D eigenvalue weighted by Gasteiger charge is -2.25. The van der Waals surface area contributed by atoms with Gasteiger partial charge in [0.05, 0.1) is 12.5 Å². The molecule has 4 heteroatoms. The minimum atomic E-state index is -0.781. The molecule has 0 radical (unpaired) electrons. The van der Waals surface area contributed by atoms with E-state index < -0.39 is 5.97 Å². The summed E-state index contributed by atoms with van der Waals surface area (Å²) >= 11 is 0. The van der Waals surface area contributed by atoms with Crippen molar-refractivity contribution in [1.82, 2.24) is 4.57 Å². The Hall–Kier alpha value is -2.49. The molecule has 0 fully saturated rings. The van der Waals surface area contributed by atoms with Crippen LogP contribution in [0.25, 0.3) is 0 Å². The number of aryl methyl sites for hydroxylation is 1. The number of hydrogen-bond donors (Lipinski definition) is 2. The maximum atomic E-state index is 10.9. The van der Waals surface area contributed by atoms with Gasteiger partial charge in [-0.15, -0.1) is 0 Å².